The molecule has 0 bridgehead atoms. The van der Waals surface area contributed by atoms with E-state index in [4.69, 9.17) is 17.3 Å². The van der Waals surface area contributed by atoms with Crippen LogP contribution in [0.5, 0.6) is 0 Å². The van der Waals surface area contributed by atoms with E-state index in [0.717, 1.165) is 16.2 Å². The summed E-state index contributed by atoms with van der Waals surface area (Å²) in [6.07, 6.45) is 3.01. The molecular formula is C15H14ClN4O2P. The van der Waals surface area contributed by atoms with E-state index in [2.05, 4.69) is 15.0 Å². The lowest BCUT2D eigenvalue weighted by atomic mass is 10.1. The van der Waals surface area contributed by atoms with Gasteiger partial charge in [0, 0.05) is 28.6 Å². The van der Waals surface area contributed by atoms with E-state index in [1.54, 1.807) is 19.5 Å². The molecule has 2 heterocycles. The predicted octanol–water partition coefficient (Wildman–Crippen LogP) is 2.63. The van der Waals surface area contributed by atoms with E-state index in [1.807, 2.05) is 18.2 Å². The van der Waals surface area contributed by atoms with Crippen LogP contribution in [0.15, 0.2) is 30.6 Å². The Balaban J connectivity index is 2.34. The van der Waals surface area contributed by atoms with Gasteiger partial charge in [0.15, 0.2) is 0 Å². The van der Waals surface area contributed by atoms with Crippen LogP contribution in [0.3, 0.4) is 0 Å². The van der Waals surface area contributed by atoms with Crippen molar-refractivity contribution in [3.05, 3.63) is 41.4 Å². The lowest BCUT2D eigenvalue weighted by molar-refractivity contribution is 0.100. The van der Waals surface area contributed by atoms with Gasteiger partial charge in [-0.15, -0.1) is 0 Å². The predicted molar refractivity (Wildman–Crippen MR) is 91.9 cm³/mol. The monoisotopic (exact) mass is 348 g/mol. The molecule has 3 rings (SSSR count). The lowest BCUT2D eigenvalue weighted by Crippen LogP contribution is -2.14. The van der Waals surface area contributed by atoms with Crippen LogP contribution in [0.2, 0.25) is 5.28 Å². The molecule has 0 aliphatic heterocycles. The van der Waals surface area contributed by atoms with Gasteiger partial charge in [-0.05, 0) is 31.0 Å². The summed E-state index contributed by atoms with van der Waals surface area (Å²) in [7, 11) is -2.46. The molecule has 0 saturated carbocycles. The Morgan fingerprint density at radius 1 is 1.35 bits per heavy atom. The highest BCUT2D eigenvalue weighted by atomic mass is 35.5. The maximum Gasteiger partial charge on any atom is 0.252 e. The Bertz CT molecular complexity index is 977. The van der Waals surface area contributed by atoms with Gasteiger partial charge in [0.2, 0.25) is 5.28 Å². The van der Waals surface area contributed by atoms with Crippen LogP contribution in [-0.4, -0.2) is 34.2 Å². The molecule has 1 amide bonds. The zero-order valence-electron chi connectivity index (χ0n) is 12.5. The van der Waals surface area contributed by atoms with E-state index >= 15 is 0 Å². The fourth-order valence-electron chi connectivity index (χ4n) is 2.53. The van der Waals surface area contributed by atoms with Crippen LogP contribution in [-0.2, 0) is 4.57 Å². The fraction of sp³-hybridized carbons (Fsp3) is 0.133. The number of nitrogens with two attached hydrogens (primary N) is 1. The van der Waals surface area contributed by atoms with Crippen molar-refractivity contribution in [2.24, 2.45) is 5.73 Å². The van der Waals surface area contributed by atoms with Crippen molar-refractivity contribution < 1.29 is 9.36 Å². The second kappa shape index (κ2) is 5.48. The largest absolute Gasteiger partial charge is 0.365 e. The highest BCUT2D eigenvalue weighted by molar-refractivity contribution is 7.70. The van der Waals surface area contributed by atoms with Gasteiger partial charge < -0.3 is 15.3 Å². The van der Waals surface area contributed by atoms with Gasteiger partial charge >= 0.3 is 0 Å². The molecule has 6 nitrogen and oxygen atoms in total. The number of hydrogen-bond acceptors (Lipinski definition) is 4. The summed E-state index contributed by atoms with van der Waals surface area (Å²) in [6.45, 7) is 3.41. The number of aromatic nitrogens is 3. The van der Waals surface area contributed by atoms with Crippen molar-refractivity contribution in [2.75, 3.05) is 13.3 Å². The average molecular weight is 349 g/mol. The van der Waals surface area contributed by atoms with Crippen LogP contribution >= 0.6 is 18.7 Å². The van der Waals surface area contributed by atoms with E-state index in [0.29, 0.717) is 11.3 Å². The number of aromatic amines is 1. The topological polar surface area (TPSA) is 102 Å². The first-order valence-electron chi connectivity index (χ1n) is 6.77. The van der Waals surface area contributed by atoms with Crippen molar-refractivity contribution in [3.8, 4) is 11.3 Å². The van der Waals surface area contributed by atoms with Gasteiger partial charge in [-0.25, -0.2) is 9.97 Å². The molecule has 8 heteroatoms. The van der Waals surface area contributed by atoms with Crippen LogP contribution in [0.4, 0.5) is 0 Å². The van der Waals surface area contributed by atoms with Crippen molar-refractivity contribution in [1.29, 1.82) is 0 Å². The maximum absolute atomic E-state index is 12.5. The van der Waals surface area contributed by atoms with Crippen molar-refractivity contribution in [3.63, 3.8) is 0 Å². The summed E-state index contributed by atoms with van der Waals surface area (Å²) < 4.78 is 12.5. The Morgan fingerprint density at radius 2 is 2.09 bits per heavy atom. The maximum atomic E-state index is 12.5. The van der Waals surface area contributed by atoms with Gasteiger partial charge in [-0.2, -0.15) is 0 Å². The Morgan fingerprint density at radius 3 is 2.74 bits per heavy atom. The SMILES string of the molecule is CP(C)(=O)c1cccc2c(-c3nc(Cl)ncc3C(N)=O)c[nH]c12. The molecule has 0 spiro atoms. The number of primary amides is 1. The quantitative estimate of drug-likeness (QED) is 0.561. The number of carbonyl (C=O) groups is 1. The van der Waals surface area contributed by atoms with Crippen molar-refractivity contribution >= 4 is 40.9 Å². The summed E-state index contributed by atoms with van der Waals surface area (Å²) in [4.78, 5) is 22.7. The summed E-state index contributed by atoms with van der Waals surface area (Å²) in [5.41, 5.74) is 7.34. The molecule has 2 aromatic heterocycles. The first-order chi connectivity index (χ1) is 10.8. The van der Waals surface area contributed by atoms with Crippen LogP contribution in [0.1, 0.15) is 10.4 Å². The summed E-state index contributed by atoms with van der Waals surface area (Å²) in [5, 5.41) is 1.55. The number of fused-ring (bicyclic) bond motifs is 1. The fourth-order valence-corrected chi connectivity index (χ4v) is 3.83. The number of H-pyrrole nitrogens is 1. The van der Waals surface area contributed by atoms with E-state index in [9.17, 15) is 9.36 Å². The Kier molecular flexibility index (Phi) is 3.74. The minimum absolute atomic E-state index is 0.0205. The minimum atomic E-state index is -2.46. The van der Waals surface area contributed by atoms with Gasteiger partial charge in [-0.3, -0.25) is 4.79 Å². The highest BCUT2D eigenvalue weighted by Crippen LogP contribution is 2.39. The smallest absolute Gasteiger partial charge is 0.252 e. The van der Waals surface area contributed by atoms with E-state index in [1.165, 1.54) is 6.20 Å². The minimum Gasteiger partial charge on any atom is -0.365 e. The summed E-state index contributed by atoms with van der Waals surface area (Å²) >= 11 is 5.86. The third kappa shape index (κ3) is 2.76. The molecule has 0 aliphatic carbocycles. The number of nitrogens with one attached hydrogen (secondary N) is 1. The van der Waals surface area contributed by atoms with Gasteiger partial charge in [0.05, 0.1) is 16.8 Å². The highest BCUT2D eigenvalue weighted by Gasteiger charge is 2.20. The molecule has 0 radical (unpaired) electrons. The number of halogens is 1. The van der Waals surface area contributed by atoms with Crippen LogP contribution in [0, 0.1) is 0 Å². The van der Waals surface area contributed by atoms with Crippen molar-refractivity contribution in [2.45, 2.75) is 0 Å². The van der Waals surface area contributed by atoms with Gasteiger partial charge in [-0.1, -0.05) is 12.1 Å². The number of para-hydroxylation sites is 1. The first kappa shape index (κ1) is 15.7. The molecule has 1 aromatic carbocycles. The summed E-state index contributed by atoms with van der Waals surface area (Å²) in [6, 6.07) is 5.51. The Hall–Kier alpha value is -2.17. The second-order valence-corrected chi connectivity index (χ2v) is 9.04. The summed E-state index contributed by atoms with van der Waals surface area (Å²) in [5.74, 6) is -0.640. The molecule has 3 aromatic rings. The third-order valence-corrected chi connectivity index (χ3v) is 5.27. The number of rotatable bonds is 3. The molecule has 0 saturated heterocycles. The zero-order valence-corrected chi connectivity index (χ0v) is 14.2. The zero-order chi connectivity index (χ0) is 16.8. The molecule has 0 aliphatic rings. The van der Waals surface area contributed by atoms with E-state index < -0.39 is 13.0 Å². The van der Waals surface area contributed by atoms with E-state index in [-0.39, 0.29) is 10.8 Å². The molecule has 118 valence electrons. The number of hydrogen-bond donors (Lipinski definition) is 2. The molecule has 0 atom stereocenters. The number of carbonyl (C=O) groups excluding carboxylic acids is 1. The van der Waals surface area contributed by atoms with Crippen LogP contribution in [0.25, 0.3) is 22.2 Å². The third-order valence-electron chi connectivity index (χ3n) is 3.55. The molecule has 0 unspecified atom stereocenters. The number of benzene rings is 1. The van der Waals surface area contributed by atoms with Crippen molar-refractivity contribution in [1.82, 2.24) is 15.0 Å². The molecular weight excluding hydrogens is 335 g/mol. The van der Waals surface area contributed by atoms with Crippen LogP contribution < -0.4 is 11.0 Å². The average Bonchev–Trinajstić information content (AvgIpc) is 2.89. The first-order valence-corrected chi connectivity index (χ1v) is 9.75. The lowest BCUT2D eigenvalue weighted by Gasteiger charge is -2.09. The number of nitrogens with zero attached hydrogens (tertiary/aromatic N) is 2. The van der Waals surface area contributed by atoms with Gasteiger partial charge in [0.25, 0.3) is 5.91 Å². The standard InChI is InChI=1S/C15H14ClN4O2P/c1-23(2,22)11-5-3-4-8-9(6-18-13(8)11)12-10(14(17)21)7-19-15(16)20-12/h3-7,18H,1-2H3,(H2,17,21). The number of amides is 1. The second-order valence-electron chi connectivity index (χ2n) is 5.52. The molecule has 3 N–H and O–H groups in total. The Labute approximate surface area is 137 Å². The molecule has 0 fully saturated rings. The van der Waals surface area contributed by atoms with Gasteiger partial charge in [0.1, 0.15) is 7.14 Å². The normalized spacial score (nSPS) is 11.8. The molecule has 23 heavy (non-hydrogen) atoms.